The zero-order valence-electron chi connectivity index (χ0n) is 11.2. The van der Waals surface area contributed by atoms with Crippen LogP contribution in [0, 0.1) is 5.92 Å². The smallest absolute Gasteiger partial charge is 0.0262 e. The SMILES string of the molecule is C=CCCCCC(=CCC)CCC(C)C=C. The van der Waals surface area contributed by atoms with Gasteiger partial charge in [-0.05, 0) is 50.9 Å². The van der Waals surface area contributed by atoms with E-state index in [0.717, 1.165) is 6.42 Å². The molecule has 0 saturated carbocycles. The molecule has 0 heterocycles. The summed E-state index contributed by atoms with van der Waals surface area (Å²) < 4.78 is 0. The zero-order chi connectivity index (χ0) is 12.2. The maximum absolute atomic E-state index is 3.84. The molecule has 0 radical (unpaired) electrons. The maximum atomic E-state index is 3.84. The molecule has 16 heavy (non-hydrogen) atoms. The normalized spacial score (nSPS) is 13.5. The third-order valence-corrected chi connectivity index (χ3v) is 2.97. The summed E-state index contributed by atoms with van der Waals surface area (Å²) in [7, 11) is 0. The Morgan fingerprint density at radius 3 is 2.50 bits per heavy atom. The van der Waals surface area contributed by atoms with E-state index in [1.165, 1.54) is 38.5 Å². The fraction of sp³-hybridized carbons (Fsp3) is 0.625. The quantitative estimate of drug-likeness (QED) is 0.328. The standard InChI is InChI=1S/C16H28/c1-5-8-9-10-12-16(11-6-2)14-13-15(4)7-3/h5,7,11,15H,1,3,6,8-10,12-14H2,2,4H3. The molecule has 0 spiro atoms. The molecule has 1 unspecified atom stereocenters. The monoisotopic (exact) mass is 220 g/mol. The van der Waals surface area contributed by atoms with Crippen LogP contribution in [0.15, 0.2) is 37.0 Å². The molecule has 0 aliphatic rings. The minimum atomic E-state index is 0.647. The molecule has 0 aliphatic carbocycles. The van der Waals surface area contributed by atoms with E-state index in [0.29, 0.717) is 5.92 Å². The lowest BCUT2D eigenvalue weighted by Crippen LogP contribution is -1.92. The minimum absolute atomic E-state index is 0.647. The van der Waals surface area contributed by atoms with Crippen molar-refractivity contribution in [3.63, 3.8) is 0 Å². The predicted octanol–water partition coefficient (Wildman–Crippen LogP) is 5.67. The minimum Gasteiger partial charge on any atom is -0.103 e. The molecule has 0 amide bonds. The van der Waals surface area contributed by atoms with Crippen LogP contribution >= 0.6 is 0 Å². The second-order valence-electron chi connectivity index (χ2n) is 4.56. The Bertz CT molecular complexity index is 210. The largest absolute Gasteiger partial charge is 0.103 e. The van der Waals surface area contributed by atoms with E-state index in [2.05, 4.69) is 39.2 Å². The Labute approximate surface area is 102 Å². The van der Waals surface area contributed by atoms with Gasteiger partial charge in [0.15, 0.2) is 0 Å². The Hall–Kier alpha value is -0.780. The molecule has 0 rings (SSSR count). The predicted molar refractivity (Wildman–Crippen MR) is 75.6 cm³/mol. The summed E-state index contributed by atoms with van der Waals surface area (Å²) in [6, 6.07) is 0. The lowest BCUT2D eigenvalue weighted by Gasteiger charge is -2.09. The van der Waals surface area contributed by atoms with E-state index < -0.39 is 0 Å². The van der Waals surface area contributed by atoms with Gasteiger partial charge in [-0.25, -0.2) is 0 Å². The van der Waals surface area contributed by atoms with Gasteiger partial charge in [-0.1, -0.05) is 37.6 Å². The molecule has 0 N–H and O–H groups in total. The van der Waals surface area contributed by atoms with Crippen molar-refractivity contribution >= 4 is 0 Å². The molecule has 0 aliphatic heterocycles. The van der Waals surface area contributed by atoms with Crippen molar-refractivity contribution < 1.29 is 0 Å². The van der Waals surface area contributed by atoms with E-state index in [4.69, 9.17) is 0 Å². The van der Waals surface area contributed by atoms with Crippen LogP contribution in [0.25, 0.3) is 0 Å². The molecule has 0 bridgehead atoms. The highest BCUT2D eigenvalue weighted by Crippen LogP contribution is 2.19. The summed E-state index contributed by atoms with van der Waals surface area (Å²) in [5, 5.41) is 0. The maximum Gasteiger partial charge on any atom is -0.0262 e. The van der Waals surface area contributed by atoms with Gasteiger partial charge in [0.25, 0.3) is 0 Å². The van der Waals surface area contributed by atoms with Crippen LogP contribution in [-0.2, 0) is 0 Å². The summed E-state index contributed by atoms with van der Waals surface area (Å²) in [6.45, 7) is 12.1. The molecule has 1 atom stereocenters. The van der Waals surface area contributed by atoms with Gasteiger partial charge in [0, 0.05) is 0 Å². The van der Waals surface area contributed by atoms with E-state index >= 15 is 0 Å². The average molecular weight is 220 g/mol. The zero-order valence-corrected chi connectivity index (χ0v) is 11.2. The third-order valence-electron chi connectivity index (χ3n) is 2.97. The first-order chi connectivity index (χ1) is 7.74. The first-order valence-electron chi connectivity index (χ1n) is 6.65. The van der Waals surface area contributed by atoms with Crippen molar-refractivity contribution in [3.8, 4) is 0 Å². The summed E-state index contributed by atoms with van der Waals surface area (Å²) in [5.41, 5.74) is 1.64. The van der Waals surface area contributed by atoms with Crippen molar-refractivity contribution in [2.75, 3.05) is 0 Å². The molecular weight excluding hydrogens is 192 g/mol. The Balaban J connectivity index is 3.84. The van der Waals surface area contributed by atoms with Crippen LogP contribution in [0.2, 0.25) is 0 Å². The number of rotatable bonds is 10. The van der Waals surface area contributed by atoms with Crippen LogP contribution in [0.1, 0.15) is 58.8 Å². The van der Waals surface area contributed by atoms with Crippen molar-refractivity contribution in [1.82, 2.24) is 0 Å². The number of hydrogen-bond donors (Lipinski definition) is 0. The number of hydrogen-bond acceptors (Lipinski definition) is 0. The van der Waals surface area contributed by atoms with Gasteiger partial charge < -0.3 is 0 Å². The van der Waals surface area contributed by atoms with E-state index in [1.807, 2.05) is 6.08 Å². The highest BCUT2D eigenvalue weighted by Gasteiger charge is 2.01. The molecule has 0 aromatic heterocycles. The van der Waals surface area contributed by atoms with E-state index in [-0.39, 0.29) is 0 Å². The molecule has 0 heteroatoms. The molecular formula is C16H28. The number of allylic oxidation sites excluding steroid dienone is 4. The average Bonchev–Trinajstić information content (AvgIpc) is 2.30. The first-order valence-corrected chi connectivity index (χ1v) is 6.65. The van der Waals surface area contributed by atoms with E-state index in [9.17, 15) is 0 Å². The molecule has 0 aromatic carbocycles. The molecule has 0 nitrogen and oxygen atoms in total. The van der Waals surface area contributed by atoms with Crippen molar-refractivity contribution in [3.05, 3.63) is 37.0 Å². The lowest BCUT2D eigenvalue weighted by atomic mass is 9.97. The van der Waals surface area contributed by atoms with Gasteiger partial charge in [0.1, 0.15) is 0 Å². The fourth-order valence-corrected chi connectivity index (χ4v) is 1.79. The topological polar surface area (TPSA) is 0 Å². The Morgan fingerprint density at radius 2 is 1.94 bits per heavy atom. The van der Waals surface area contributed by atoms with Gasteiger partial charge in [0.2, 0.25) is 0 Å². The summed E-state index contributed by atoms with van der Waals surface area (Å²) in [5.74, 6) is 0.647. The van der Waals surface area contributed by atoms with Crippen LogP contribution in [0.5, 0.6) is 0 Å². The Kier molecular flexibility index (Phi) is 10.2. The van der Waals surface area contributed by atoms with Gasteiger partial charge >= 0.3 is 0 Å². The second kappa shape index (κ2) is 10.7. The number of unbranched alkanes of at least 4 members (excludes halogenated alkanes) is 2. The van der Waals surface area contributed by atoms with Gasteiger partial charge in [0.05, 0.1) is 0 Å². The van der Waals surface area contributed by atoms with Gasteiger partial charge in [-0.2, -0.15) is 0 Å². The molecule has 0 fully saturated rings. The third kappa shape index (κ3) is 8.52. The lowest BCUT2D eigenvalue weighted by molar-refractivity contribution is 0.620. The molecule has 0 aromatic rings. The van der Waals surface area contributed by atoms with E-state index in [1.54, 1.807) is 5.57 Å². The second-order valence-corrected chi connectivity index (χ2v) is 4.56. The highest BCUT2D eigenvalue weighted by atomic mass is 14.1. The highest BCUT2D eigenvalue weighted by molar-refractivity contribution is 5.02. The summed E-state index contributed by atoms with van der Waals surface area (Å²) in [4.78, 5) is 0. The first kappa shape index (κ1) is 15.2. The van der Waals surface area contributed by atoms with Crippen LogP contribution in [0.4, 0.5) is 0 Å². The van der Waals surface area contributed by atoms with Crippen LogP contribution < -0.4 is 0 Å². The van der Waals surface area contributed by atoms with Crippen molar-refractivity contribution in [2.45, 2.75) is 58.8 Å². The molecule has 92 valence electrons. The Morgan fingerprint density at radius 1 is 1.19 bits per heavy atom. The fourth-order valence-electron chi connectivity index (χ4n) is 1.79. The van der Waals surface area contributed by atoms with Crippen molar-refractivity contribution in [1.29, 1.82) is 0 Å². The van der Waals surface area contributed by atoms with Crippen LogP contribution in [-0.4, -0.2) is 0 Å². The van der Waals surface area contributed by atoms with Gasteiger partial charge in [-0.15, -0.1) is 13.2 Å². The van der Waals surface area contributed by atoms with Crippen LogP contribution in [0.3, 0.4) is 0 Å². The summed E-state index contributed by atoms with van der Waals surface area (Å²) >= 11 is 0. The molecule has 0 saturated heterocycles. The van der Waals surface area contributed by atoms with Crippen molar-refractivity contribution in [2.24, 2.45) is 5.92 Å². The summed E-state index contributed by atoms with van der Waals surface area (Å²) in [6.07, 6.45) is 15.1. The van der Waals surface area contributed by atoms with Gasteiger partial charge in [-0.3, -0.25) is 0 Å².